The molecule has 1 aromatic carbocycles. The summed E-state index contributed by atoms with van der Waals surface area (Å²) in [6.07, 6.45) is 4.00. The Morgan fingerprint density at radius 2 is 1.89 bits per heavy atom. The maximum absolute atomic E-state index is 11.9. The van der Waals surface area contributed by atoms with Crippen LogP contribution in [0.15, 0.2) is 30.3 Å². The molecule has 0 radical (unpaired) electrons. The van der Waals surface area contributed by atoms with Crippen molar-refractivity contribution in [2.75, 3.05) is 12.8 Å². The number of benzene rings is 1. The van der Waals surface area contributed by atoms with Crippen molar-refractivity contribution >= 4 is 9.84 Å². The predicted octanol–water partition coefficient (Wildman–Crippen LogP) is 1.94. The molecule has 0 saturated heterocycles. The van der Waals surface area contributed by atoms with Crippen LogP contribution >= 0.6 is 0 Å². The summed E-state index contributed by atoms with van der Waals surface area (Å²) in [5.41, 5.74) is 6.96. The van der Waals surface area contributed by atoms with E-state index in [0.29, 0.717) is 18.9 Å². The van der Waals surface area contributed by atoms with E-state index in [4.69, 9.17) is 5.73 Å². The lowest BCUT2D eigenvalue weighted by atomic mass is 9.78. The normalized spacial score (nSPS) is 29.1. The number of rotatable bonds is 3. The Morgan fingerprint density at radius 1 is 1.22 bits per heavy atom. The molecule has 2 N–H and O–H groups in total. The molecule has 2 rings (SSSR count). The van der Waals surface area contributed by atoms with Gasteiger partial charge in [0.25, 0.3) is 0 Å². The van der Waals surface area contributed by atoms with Gasteiger partial charge in [-0.1, -0.05) is 30.3 Å². The zero-order valence-corrected chi connectivity index (χ0v) is 11.6. The second-order valence-electron chi connectivity index (χ2n) is 5.28. The molecule has 0 aliphatic heterocycles. The second kappa shape index (κ2) is 5.41. The average molecular weight is 267 g/mol. The van der Waals surface area contributed by atoms with Gasteiger partial charge in [0.2, 0.25) is 0 Å². The Bertz CT molecular complexity index is 484. The smallest absolute Gasteiger partial charge is 0.150 e. The predicted molar refractivity (Wildman–Crippen MR) is 74.2 cm³/mol. The summed E-state index contributed by atoms with van der Waals surface area (Å²) in [6, 6.07) is 10.2. The molecular weight excluding hydrogens is 246 g/mol. The van der Waals surface area contributed by atoms with Gasteiger partial charge in [0.1, 0.15) is 0 Å². The minimum Gasteiger partial charge on any atom is -0.330 e. The van der Waals surface area contributed by atoms with Gasteiger partial charge in [-0.3, -0.25) is 0 Å². The van der Waals surface area contributed by atoms with Crippen LogP contribution in [0.3, 0.4) is 0 Å². The third kappa shape index (κ3) is 2.93. The van der Waals surface area contributed by atoms with E-state index in [1.165, 1.54) is 11.8 Å². The van der Waals surface area contributed by atoms with Crippen molar-refractivity contribution in [3.8, 4) is 0 Å². The van der Waals surface area contributed by atoms with Crippen molar-refractivity contribution in [2.24, 2.45) is 11.7 Å². The van der Waals surface area contributed by atoms with Gasteiger partial charge in [0.15, 0.2) is 9.84 Å². The van der Waals surface area contributed by atoms with Crippen molar-refractivity contribution in [2.45, 2.75) is 30.4 Å². The summed E-state index contributed by atoms with van der Waals surface area (Å²) in [7, 11) is -3.01. The van der Waals surface area contributed by atoms with Crippen molar-refractivity contribution in [1.82, 2.24) is 0 Å². The van der Waals surface area contributed by atoms with E-state index in [0.717, 1.165) is 12.8 Å². The van der Waals surface area contributed by atoms with Gasteiger partial charge < -0.3 is 5.73 Å². The number of hydrogen-bond donors (Lipinski definition) is 1. The van der Waals surface area contributed by atoms with Gasteiger partial charge in [0.05, 0.1) is 5.25 Å². The summed E-state index contributed by atoms with van der Waals surface area (Å²) in [5.74, 6) is 0.480. The lowest BCUT2D eigenvalue weighted by Gasteiger charge is -2.34. The van der Waals surface area contributed by atoms with Crippen LogP contribution in [0.4, 0.5) is 0 Å². The Labute approximate surface area is 109 Å². The van der Waals surface area contributed by atoms with Crippen LogP contribution in [-0.4, -0.2) is 26.5 Å². The number of nitrogens with two attached hydrogens (primary N) is 1. The lowest BCUT2D eigenvalue weighted by Crippen LogP contribution is -2.38. The van der Waals surface area contributed by atoms with Crippen LogP contribution in [0, 0.1) is 5.92 Å². The topological polar surface area (TPSA) is 60.2 Å². The van der Waals surface area contributed by atoms with Gasteiger partial charge in [-0.15, -0.1) is 0 Å². The molecule has 3 unspecified atom stereocenters. The van der Waals surface area contributed by atoms with Crippen LogP contribution in [0.5, 0.6) is 0 Å². The molecule has 1 aliphatic rings. The Kier molecular flexibility index (Phi) is 4.07. The second-order valence-corrected chi connectivity index (χ2v) is 7.55. The van der Waals surface area contributed by atoms with Gasteiger partial charge >= 0.3 is 0 Å². The zero-order chi connectivity index (χ0) is 13.2. The van der Waals surface area contributed by atoms with Gasteiger partial charge in [-0.05, 0) is 43.2 Å². The number of sulfone groups is 1. The summed E-state index contributed by atoms with van der Waals surface area (Å²) >= 11 is 0. The van der Waals surface area contributed by atoms with Gasteiger partial charge in [-0.2, -0.15) is 0 Å². The SMILES string of the molecule is CS(=O)(=O)C1CC(c2ccccc2)CCC1CN. The molecule has 0 spiro atoms. The van der Waals surface area contributed by atoms with E-state index in [-0.39, 0.29) is 11.2 Å². The van der Waals surface area contributed by atoms with Crippen LogP contribution in [0.2, 0.25) is 0 Å². The summed E-state index contributed by atoms with van der Waals surface area (Å²) in [6.45, 7) is 0.471. The molecule has 0 aromatic heterocycles. The van der Waals surface area contributed by atoms with E-state index < -0.39 is 9.84 Å². The third-order valence-corrected chi connectivity index (χ3v) is 5.73. The maximum atomic E-state index is 11.9. The Morgan fingerprint density at radius 3 is 2.44 bits per heavy atom. The fraction of sp³-hybridized carbons (Fsp3) is 0.571. The molecule has 3 nitrogen and oxygen atoms in total. The molecule has 100 valence electrons. The molecule has 1 aliphatic carbocycles. The van der Waals surface area contributed by atoms with E-state index in [2.05, 4.69) is 12.1 Å². The molecule has 1 aromatic rings. The Hall–Kier alpha value is -0.870. The van der Waals surface area contributed by atoms with Crippen LogP contribution in [0.1, 0.15) is 30.7 Å². The summed E-state index contributed by atoms with van der Waals surface area (Å²) in [4.78, 5) is 0. The largest absolute Gasteiger partial charge is 0.330 e. The van der Waals surface area contributed by atoms with E-state index >= 15 is 0 Å². The van der Waals surface area contributed by atoms with Crippen molar-refractivity contribution in [3.05, 3.63) is 35.9 Å². The molecule has 1 saturated carbocycles. The first kappa shape index (κ1) is 13.6. The fourth-order valence-corrected chi connectivity index (χ4v) is 4.54. The first-order chi connectivity index (χ1) is 8.52. The van der Waals surface area contributed by atoms with E-state index in [9.17, 15) is 8.42 Å². The van der Waals surface area contributed by atoms with Crippen LogP contribution in [0.25, 0.3) is 0 Å². The Balaban J connectivity index is 2.20. The first-order valence-electron chi connectivity index (χ1n) is 6.46. The summed E-state index contributed by atoms with van der Waals surface area (Å²) in [5, 5.41) is -0.276. The highest BCUT2D eigenvalue weighted by Crippen LogP contribution is 2.38. The van der Waals surface area contributed by atoms with Gasteiger partial charge in [-0.25, -0.2) is 8.42 Å². The maximum Gasteiger partial charge on any atom is 0.150 e. The highest BCUT2D eigenvalue weighted by atomic mass is 32.2. The van der Waals surface area contributed by atoms with Crippen LogP contribution < -0.4 is 5.73 Å². The van der Waals surface area contributed by atoms with Crippen LogP contribution in [-0.2, 0) is 9.84 Å². The summed E-state index contributed by atoms with van der Waals surface area (Å²) < 4.78 is 23.8. The molecule has 3 atom stereocenters. The lowest BCUT2D eigenvalue weighted by molar-refractivity contribution is 0.333. The van der Waals surface area contributed by atoms with Crippen molar-refractivity contribution < 1.29 is 8.42 Å². The fourth-order valence-electron chi connectivity index (χ4n) is 3.01. The molecule has 0 amide bonds. The minimum absolute atomic E-state index is 0.125. The number of hydrogen-bond acceptors (Lipinski definition) is 3. The third-order valence-electron chi connectivity index (χ3n) is 4.05. The molecule has 0 heterocycles. The first-order valence-corrected chi connectivity index (χ1v) is 8.41. The molecule has 0 bridgehead atoms. The highest BCUT2D eigenvalue weighted by molar-refractivity contribution is 7.91. The molecule has 18 heavy (non-hydrogen) atoms. The monoisotopic (exact) mass is 267 g/mol. The minimum atomic E-state index is -3.01. The highest BCUT2D eigenvalue weighted by Gasteiger charge is 2.36. The zero-order valence-electron chi connectivity index (χ0n) is 10.7. The molecule has 4 heteroatoms. The van der Waals surface area contributed by atoms with E-state index in [1.807, 2.05) is 18.2 Å². The standard InChI is InChI=1S/C14H21NO2S/c1-18(16,17)14-9-12(7-8-13(14)10-15)11-5-3-2-4-6-11/h2-6,12-14H,7-10,15H2,1H3. The quantitative estimate of drug-likeness (QED) is 0.910. The van der Waals surface area contributed by atoms with Gasteiger partial charge in [0, 0.05) is 6.26 Å². The molecule has 1 fully saturated rings. The van der Waals surface area contributed by atoms with Crippen molar-refractivity contribution in [3.63, 3.8) is 0 Å². The molecular formula is C14H21NO2S. The average Bonchev–Trinajstić information content (AvgIpc) is 2.38. The van der Waals surface area contributed by atoms with E-state index in [1.54, 1.807) is 0 Å². The van der Waals surface area contributed by atoms with Crippen molar-refractivity contribution in [1.29, 1.82) is 0 Å².